The highest BCUT2D eigenvalue weighted by Gasteiger charge is 2.08. The molecule has 4 nitrogen and oxygen atoms in total. The highest BCUT2D eigenvalue weighted by Crippen LogP contribution is 2.17. The summed E-state index contributed by atoms with van der Waals surface area (Å²) >= 11 is 0. The summed E-state index contributed by atoms with van der Waals surface area (Å²) < 4.78 is 1.81. The average molecular weight is 230 g/mol. The number of hydrogen-bond acceptors (Lipinski definition) is 3. The Morgan fingerprint density at radius 3 is 2.53 bits per heavy atom. The molecule has 0 spiro atoms. The van der Waals surface area contributed by atoms with E-state index in [1.807, 2.05) is 11.7 Å². The largest absolute Gasteiger partial charge is 0.330 e. The Labute approximate surface area is 101 Å². The van der Waals surface area contributed by atoms with E-state index in [4.69, 9.17) is 5.73 Å². The van der Waals surface area contributed by atoms with Gasteiger partial charge in [0.05, 0.1) is 0 Å². The van der Waals surface area contributed by atoms with Crippen LogP contribution >= 0.6 is 0 Å². The van der Waals surface area contributed by atoms with Gasteiger partial charge in [-0.3, -0.25) is 0 Å². The van der Waals surface area contributed by atoms with Crippen molar-refractivity contribution in [1.29, 1.82) is 0 Å². The van der Waals surface area contributed by atoms with E-state index in [-0.39, 0.29) is 0 Å². The summed E-state index contributed by atoms with van der Waals surface area (Å²) in [5.41, 5.74) is 7.94. The maximum Gasteiger partial charge on any atom is 0.158 e. The fourth-order valence-corrected chi connectivity index (χ4v) is 1.81. The average Bonchev–Trinajstić information content (AvgIpc) is 2.71. The van der Waals surface area contributed by atoms with E-state index in [0.29, 0.717) is 6.54 Å². The molecule has 0 saturated heterocycles. The van der Waals surface area contributed by atoms with E-state index in [0.717, 1.165) is 30.1 Å². The third-order valence-electron chi connectivity index (χ3n) is 2.80. The molecule has 0 saturated carbocycles. The number of rotatable bonds is 4. The Balaban J connectivity index is 2.31. The summed E-state index contributed by atoms with van der Waals surface area (Å²) in [7, 11) is 1.91. The lowest BCUT2D eigenvalue weighted by Crippen LogP contribution is -2.04. The molecule has 0 fully saturated rings. The number of aromatic nitrogens is 3. The van der Waals surface area contributed by atoms with Crippen LogP contribution in [-0.2, 0) is 19.9 Å². The third kappa shape index (κ3) is 2.53. The molecule has 0 unspecified atom stereocenters. The molecule has 4 heteroatoms. The molecule has 0 bridgehead atoms. The predicted molar refractivity (Wildman–Crippen MR) is 68.6 cm³/mol. The Kier molecular flexibility index (Phi) is 3.54. The van der Waals surface area contributed by atoms with Crippen LogP contribution in [0.5, 0.6) is 0 Å². The summed E-state index contributed by atoms with van der Waals surface area (Å²) in [5, 5.41) is 4.34. The molecule has 1 heterocycles. The van der Waals surface area contributed by atoms with Gasteiger partial charge in [0.25, 0.3) is 0 Å². The van der Waals surface area contributed by atoms with Gasteiger partial charge >= 0.3 is 0 Å². The first-order valence-corrected chi connectivity index (χ1v) is 5.94. The van der Waals surface area contributed by atoms with Crippen molar-refractivity contribution < 1.29 is 0 Å². The second-order valence-corrected chi connectivity index (χ2v) is 4.06. The van der Waals surface area contributed by atoms with Gasteiger partial charge in [0.1, 0.15) is 0 Å². The zero-order chi connectivity index (χ0) is 12.3. The standard InChI is InChI=1S/C13H18N4/c1-3-10-4-6-11(7-5-10)13-15-12(8-9-14)16-17(13)2/h4-7H,3,8-9,14H2,1-2H3. The fourth-order valence-electron chi connectivity index (χ4n) is 1.81. The summed E-state index contributed by atoms with van der Waals surface area (Å²) in [6.07, 6.45) is 1.78. The van der Waals surface area contributed by atoms with Gasteiger partial charge in [-0.15, -0.1) is 0 Å². The lowest BCUT2D eigenvalue weighted by atomic mass is 10.1. The lowest BCUT2D eigenvalue weighted by molar-refractivity contribution is 0.744. The van der Waals surface area contributed by atoms with Crippen LogP contribution in [0.15, 0.2) is 24.3 Å². The third-order valence-corrected chi connectivity index (χ3v) is 2.80. The van der Waals surface area contributed by atoms with E-state index < -0.39 is 0 Å². The number of aryl methyl sites for hydroxylation is 2. The monoisotopic (exact) mass is 230 g/mol. The molecular formula is C13H18N4. The Morgan fingerprint density at radius 2 is 1.94 bits per heavy atom. The minimum absolute atomic E-state index is 0.582. The van der Waals surface area contributed by atoms with Gasteiger partial charge in [-0.1, -0.05) is 31.2 Å². The van der Waals surface area contributed by atoms with Crippen LogP contribution in [0.1, 0.15) is 18.3 Å². The van der Waals surface area contributed by atoms with Crippen LogP contribution < -0.4 is 5.73 Å². The molecular weight excluding hydrogens is 212 g/mol. The normalized spacial score (nSPS) is 10.8. The van der Waals surface area contributed by atoms with Crippen LogP contribution in [0, 0.1) is 0 Å². The van der Waals surface area contributed by atoms with Gasteiger partial charge in [-0.2, -0.15) is 5.10 Å². The molecule has 1 aromatic carbocycles. The quantitative estimate of drug-likeness (QED) is 0.867. The molecule has 17 heavy (non-hydrogen) atoms. The van der Waals surface area contributed by atoms with Crippen molar-refractivity contribution in [3.63, 3.8) is 0 Å². The molecule has 2 N–H and O–H groups in total. The Bertz CT molecular complexity index is 485. The van der Waals surface area contributed by atoms with Crippen LogP contribution in [0.25, 0.3) is 11.4 Å². The predicted octanol–water partition coefficient (Wildman–Crippen LogP) is 1.55. The molecule has 0 amide bonds. The van der Waals surface area contributed by atoms with Gasteiger partial charge < -0.3 is 5.73 Å². The minimum Gasteiger partial charge on any atom is -0.330 e. The zero-order valence-corrected chi connectivity index (χ0v) is 10.3. The van der Waals surface area contributed by atoms with Gasteiger partial charge in [0.15, 0.2) is 11.6 Å². The van der Waals surface area contributed by atoms with Crippen LogP contribution in [-0.4, -0.2) is 21.3 Å². The van der Waals surface area contributed by atoms with Crippen molar-refractivity contribution in [3.8, 4) is 11.4 Å². The zero-order valence-electron chi connectivity index (χ0n) is 10.3. The molecule has 2 rings (SSSR count). The summed E-state index contributed by atoms with van der Waals surface area (Å²) in [6, 6.07) is 8.45. The molecule has 0 atom stereocenters. The summed E-state index contributed by atoms with van der Waals surface area (Å²) in [5.74, 6) is 1.71. The lowest BCUT2D eigenvalue weighted by Gasteiger charge is -2.01. The number of nitrogens with zero attached hydrogens (tertiary/aromatic N) is 3. The molecule has 2 aromatic rings. The fraction of sp³-hybridized carbons (Fsp3) is 0.385. The Hall–Kier alpha value is -1.68. The van der Waals surface area contributed by atoms with Crippen molar-refractivity contribution in [2.45, 2.75) is 19.8 Å². The van der Waals surface area contributed by atoms with Gasteiger partial charge in [-0.05, 0) is 18.5 Å². The van der Waals surface area contributed by atoms with Crippen molar-refractivity contribution in [2.24, 2.45) is 12.8 Å². The summed E-state index contributed by atoms with van der Waals surface area (Å²) in [4.78, 5) is 4.50. The van der Waals surface area contributed by atoms with E-state index in [1.165, 1.54) is 5.56 Å². The SMILES string of the molecule is CCc1ccc(-c2nc(CCN)nn2C)cc1. The topological polar surface area (TPSA) is 56.7 Å². The minimum atomic E-state index is 0.582. The van der Waals surface area contributed by atoms with Gasteiger partial charge in [0, 0.05) is 19.0 Å². The van der Waals surface area contributed by atoms with E-state index >= 15 is 0 Å². The smallest absolute Gasteiger partial charge is 0.158 e. The van der Waals surface area contributed by atoms with E-state index in [9.17, 15) is 0 Å². The first-order valence-electron chi connectivity index (χ1n) is 5.94. The summed E-state index contributed by atoms with van der Waals surface area (Å²) in [6.45, 7) is 2.73. The molecule has 0 aliphatic rings. The number of benzene rings is 1. The highest BCUT2D eigenvalue weighted by atomic mass is 15.3. The Morgan fingerprint density at radius 1 is 1.24 bits per heavy atom. The van der Waals surface area contributed by atoms with Crippen molar-refractivity contribution >= 4 is 0 Å². The highest BCUT2D eigenvalue weighted by molar-refractivity contribution is 5.55. The van der Waals surface area contributed by atoms with E-state index in [2.05, 4.69) is 41.3 Å². The first-order chi connectivity index (χ1) is 8.24. The van der Waals surface area contributed by atoms with Crippen LogP contribution in [0.4, 0.5) is 0 Å². The number of nitrogens with two attached hydrogens (primary N) is 1. The van der Waals surface area contributed by atoms with Crippen molar-refractivity contribution in [2.75, 3.05) is 6.54 Å². The molecule has 0 aliphatic heterocycles. The van der Waals surface area contributed by atoms with E-state index in [1.54, 1.807) is 0 Å². The number of hydrogen-bond donors (Lipinski definition) is 1. The second-order valence-electron chi connectivity index (χ2n) is 4.06. The van der Waals surface area contributed by atoms with Gasteiger partial charge in [-0.25, -0.2) is 9.67 Å². The second kappa shape index (κ2) is 5.10. The van der Waals surface area contributed by atoms with Crippen molar-refractivity contribution in [1.82, 2.24) is 14.8 Å². The van der Waals surface area contributed by atoms with Crippen LogP contribution in [0.2, 0.25) is 0 Å². The molecule has 0 radical (unpaired) electrons. The maximum absolute atomic E-state index is 5.51. The van der Waals surface area contributed by atoms with Gasteiger partial charge in [0.2, 0.25) is 0 Å². The van der Waals surface area contributed by atoms with Crippen LogP contribution in [0.3, 0.4) is 0 Å². The molecule has 0 aliphatic carbocycles. The molecule has 1 aromatic heterocycles. The maximum atomic E-state index is 5.51. The first kappa shape index (κ1) is 11.8. The van der Waals surface area contributed by atoms with Crippen molar-refractivity contribution in [3.05, 3.63) is 35.7 Å². The molecule has 90 valence electrons.